The summed E-state index contributed by atoms with van der Waals surface area (Å²) in [5.74, 6) is -3.22. The summed E-state index contributed by atoms with van der Waals surface area (Å²) in [7, 11) is 0. The van der Waals surface area contributed by atoms with Gasteiger partial charge in [0.2, 0.25) is 0 Å². The molecule has 110 valence electrons. The van der Waals surface area contributed by atoms with Crippen molar-refractivity contribution in [2.45, 2.75) is 6.61 Å². The number of amides is 1. The Morgan fingerprint density at radius 3 is 2.38 bits per heavy atom. The molecule has 0 heterocycles. The summed E-state index contributed by atoms with van der Waals surface area (Å²) in [6.45, 7) is -3.15. The average Bonchev–Trinajstić information content (AvgIpc) is 2.42. The topological polar surface area (TPSA) is 38.3 Å². The molecule has 0 aliphatic carbocycles. The highest BCUT2D eigenvalue weighted by Gasteiger charge is 2.14. The molecule has 0 aliphatic rings. The molecular weight excluding hydrogens is 290 g/mol. The lowest BCUT2D eigenvalue weighted by Crippen LogP contribution is -2.14. The minimum absolute atomic E-state index is 0.0117. The molecule has 1 amide bonds. The van der Waals surface area contributed by atoms with E-state index in [9.17, 15) is 22.4 Å². The normalized spacial score (nSPS) is 10.5. The Balaban J connectivity index is 2.15. The average molecular weight is 299 g/mol. The summed E-state index contributed by atoms with van der Waals surface area (Å²) in [6.07, 6.45) is 0. The van der Waals surface area contributed by atoms with E-state index in [0.29, 0.717) is 0 Å². The largest absolute Gasteiger partial charge is 0.432 e. The summed E-state index contributed by atoms with van der Waals surface area (Å²) in [5, 5.41) is 2.26. The monoisotopic (exact) mass is 299 g/mol. The molecule has 0 fully saturated rings. The number of anilines is 1. The van der Waals surface area contributed by atoms with Crippen LogP contribution in [0, 0.1) is 11.6 Å². The van der Waals surface area contributed by atoms with Crippen molar-refractivity contribution < 1.29 is 27.1 Å². The first-order valence-corrected chi connectivity index (χ1v) is 5.77. The molecule has 0 atom stereocenters. The van der Waals surface area contributed by atoms with Crippen LogP contribution in [0.2, 0.25) is 0 Å². The second-order valence-corrected chi connectivity index (χ2v) is 3.96. The Morgan fingerprint density at radius 2 is 1.76 bits per heavy atom. The molecule has 2 aromatic rings. The van der Waals surface area contributed by atoms with Crippen molar-refractivity contribution in [3.05, 3.63) is 59.7 Å². The maximum absolute atomic E-state index is 13.5. The van der Waals surface area contributed by atoms with Crippen LogP contribution in [-0.4, -0.2) is 12.5 Å². The van der Waals surface area contributed by atoms with Gasteiger partial charge in [0.15, 0.2) is 11.6 Å². The first kappa shape index (κ1) is 14.8. The van der Waals surface area contributed by atoms with E-state index in [2.05, 4.69) is 10.1 Å². The van der Waals surface area contributed by atoms with Crippen LogP contribution in [0.25, 0.3) is 0 Å². The van der Waals surface area contributed by atoms with Crippen LogP contribution < -0.4 is 10.1 Å². The minimum atomic E-state index is -3.15. The third kappa shape index (κ3) is 3.71. The maximum Gasteiger partial charge on any atom is 0.387 e. The Kier molecular flexibility index (Phi) is 4.42. The molecule has 7 heteroatoms. The van der Waals surface area contributed by atoms with Crippen molar-refractivity contribution in [3.8, 4) is 5.75 Å². The number of hydrogen-bond acceptors (Lipinski definition) is 2. The summed E-state index contributed by atoms with van der Waals surface area (Å²) in [5.41, 5.74) is -0.229. The van der Waals surface area contributed by atoms with Crippen molar-refractivity contribution in [3.63, 3.8) is 0 Å². The van der Waals surface area contributed by atoms with Gasteiger partial charge in [0.1, 0.15) is 5.82 Å². The van der Waals surface area contributed by atoms with E-state index in [1.807, 2.05) is 0 Å². The van der Waals surface area contributed by atoms with Crippen LogP contribution >= 0.6 is 0 Å². The van der Waals surface area contributed by atoms with Gasteiger partial charge in [-0.1, -0.05) is 12.1 Å². The second kappa shape index (κ2) is 6.25. The van der Waals surface area contributed by atoms with Crippen LogP contribution in [-0.2, 0) is 0 Å². The Morgan fingerprint density at radius 1 is 1.05 bits per heavy atom. The van der Waals surface area contributed by atoms with E-state index >= 15 is 0 Å². The first-order chi connectivity index (χ1) is 9.97. The van der Waals surface area contributed by atoms with E-state index in [0.717, 1.165) is 18.2 Å². The van der Waals surface area contributed by atoms with E-state index in [1.165, 1.54) is 24.3 Å². The van der Waals surface area contributed by atoms with E-state index in [1.54, 1.807) is 0 Å². The number of hydrogen-bond donors (Lipinski definition) is 1. The van der Waals surface area contributed by atoms with E-state index < -0.39 is 29.9 Å². The second-order valence-electron chi connectivity index (χ2n) is 3.96. The van der Waals surface area contributed by atoms with Crippen LogP contribution in [0.4, 0.5) is 23.2 Å². The molecule has 21 heavy (non-hydrogen) atoms. The van der Waals surface area contributed by atoms with Crippen molar-refractivity contribution in [2.75, 3.05) is 5.32 Å². The molecule has 2 aromatic carbocycles. The summed E-state index contributed by atoms with van der Waals surface area (Å²) in [4.78, 5) is 11.8. The van der Waals surface area contributed by atoms with Crippen LogP contribution in [0.3, 0.4) is 0 Å². The van der Waals surface area contributed by atoms with Crippen molar-refractivity contribution in [1.29, 1.82) is 0 Å². The molecule has 2 rings (SSSR count). The minimum Gasteiger partial charge on any atom is -0.432 e. The molecule has 0 radical (unpaired) electrons. The smallest absolute Gasteiger partial charge is 0.387 e. The number of halogens is 4. The van der Waals surface area contributed by atoms with Crippen LogP contribution in [0.5, 0.6) is 5.75 Å². The van der Waals surface area contributed by atoms with E-state index in [4.69, 9.17) is 0 Å². The molecule has 1 N–H and O–H groups in total. The molecule has 0 unspecified atom stereocenters. The standard InChI is InChI=1S/C14H9F4NO2/c15-10-4-2-1-3-9(10)13(20)19-8-5-6-12(11(16)7-8)21-14(17)18/h1-7,14H,(H,19,20). The molecule has 0 aromatic heterocycles. The number of alkyl halides is 2. The zero-order valence-electron chi connectivity index (χ0n) is 10.4. The number of carbonyl (C=O) groups excluding carboxylic acids is 1. The lowest BCUT2D eigenvalue weighted by Gasteiger charge is -2.09. The van der Waals surface area contributed by atoms with Gasteiger partial charge in [-0.25, -0.2) is 8.78 Å². The van der Waals surface area contributed by atoms with Gasteiger partial charge in [0.05, 0.1) is 5.56 Å². The van der Waals surface area contributed by atoms with E-state index in [-0.39, 0.29) is 11.3 Å². The molecule has 3 nitrogen and oxygen atoms in total. The summed E-state index contributed by atoms with van der Waals surface area (Å²) in [6, 6.07) is 8.17. The molecule has 0 saturated heterocycles. The summed E-state index contributed by atoms with van der Waals surface area (Å²) >= 11 is 0. The highest BCUT2D eigenvalue weighted by Crippen LogP contribution is 2.23. The Bertz CT molecular complexity index is 661. The number of benzene rings is 2. The van der Waals surface area contributed by atoms with Gasteiger partial charge in [0.25, 0.3) is 5.91 Å². The van der Waals surface area contributed by atoms with Gasteiger partial charge in [0, 0.05) is 11.8 Å². The van der Waals surface area contributed by atoms with Gasteiger partial charge in [-0.05, 0) is 24.3 Å². The van der Waals surface area contributed by atoms with Gasteiger partial charge >= 0.3 is 6.61 Å². The predicted octanol–water partition coefficient (Wildman–Crippen LogP) is 3.82. The fourth-order valence-corrected chi connectivity index (χ4v) is 1.61. The third-order valence-electron chi connectivity index (χ3n) is 2.52. The van der Waals surface area contributed by atoms with Crippen molar-refractivity contribution in [1.82, 2.24) is 0 Å². The molecule has 0 bridgehead atoms. The number of carbonyl (C=O) groups is 1. The Hall–Kier alpha value is -2.57. The number of nitrogens with one attached hydrogen (secondary N) is 1. The van der Waals surface area contributed by atoms with Gasteiger partial charge < -0.3 is 10.1 Å². The lowest BCUT2D eigenvalue weighted by atomic mass is 10.2. The predicted molar refractivity (Wildman–Crippen MR) is 67.4 cm³/mol. The first-order valence-electron chi connectivity index (χ1n) is 5.77. The zero-order chi connectivity index (χ0) is 15.4. The van der Waals surface area contributed by atoms with Crippen LogP contribution in [0.1, 0.15) is 10.4 Å². The number of rotatable bonds is 4. The molecular formula is C14H9F4NO2. The molecule has 0 spiro atoms. The van der Waals surface area contributed by atoms with Crippen LogP contribution in [0.15, 0.2) is 42.5 Å². The fraction of sp³-hybridized carbons (Fsp3) is 0.0714. The lowest BCUT2D eigenvalue weighted by molar-refractivity contribution is -0.0521. The summed E-state index contributed by atoms with van der Waals surface area (Å²) < 4.78 is 54.7. The molecule has 0 aliphatic heterocycles. The fourth-order valence-electron chi connectivity index (χ4n) is 1.61. The maximum atomic E-state index is 13.5. The van der Waals surface area contributed by atoms with Gasteiger partial charge in [-0.3, -0.25) is 4.79 Å². The van der Waals surface area contributed by atoms with Crippen molar-refractivity contribution >= 4 is 11.6 Å². The number of ether oxygens (including phenoxy) is 1. The van der Waals surface area contributed by atoms with Crippen molar-refractivity contribution in [2.24, 2.45) is 0 Å². The molecule has 0 saturated carbocycles. The highest BCUT2D eigenvalue weighted by molar-refractivity contribution is 6.04. The Labute approximate surface area is 117 Å². The van der Waals surface area contributed by atoms with Gasteiger partial charge in [-0.2, -0.15) is 8.78 Å². The SMILES string of the molecule is O=C(Nc1ccc(OC(F)F)c(F)c1)c1ccccc1F. The third-order valence-corrected chi connectivity index (χ3v) is 2.52. The highest BCUT2D eigenvalue weighted by atomic mass is 19.3. The van der Waals surface area contributed by atoms with Gasteiger partial charge in [-0.15, -0.1) is 0 Å². The quantitative estimate of drug-likeness (QED) is 0.872. The zero-order valence-corrected chi connectivity index (χ0v) is 10.4.